The lowest BCUT2D eigenvalue weighted by molar-refractivity contribution is -0.142. The van der Waals surface area contributed by atoms with Gasteiger partial charge in [0.25, 0.3) is 5.91 Å². The maximum Gasteiger partial charge on any atom is 0.328 e. The van der Waals surface area contributed by atoms with Crippen LogP contribution in [0.15, 0.2) is 18.3 Å². The average molecular weight is 291 g/mol. The molecule has 2 rings (SSSR count). The van der Waals surface area contributed by atoms with Crippen molar-refractivity contribution in [1.29, 1.82) is 0 Å². The van der Waals surface area contributed by atoms with E-state index >= 15 is 0 Å². The molecule has 1 aromatic heterocycles. The van der Waals surface area contributed by atoms with E-state index in [1.165, 1.54) is 12.0 Å². The molecule has 1 amide bonds. The number of hydrogen-bond donors (Lipinski definition) is 0. The van der Waals surface area contributed by atoms with E-state index in [1.54, 1.807) is 32.4 Å². The van der Waals surface area contributed by atoms with Gasteiger partial charge in [-0.25, -0.2) is 9.78 Å². The first-order valence-electron chi connectivity index (χ1n) is 7.06. The second kappa shape index (κ2) is 6.56. The van der Waals surface area contributed by atoms with E-state index < -0.39 is 0 Å². The molecule has 2 heterocycles. The number of rotatable bonds is 3. The monoisotopic (exact) mass is 291 g/mol. The Balaban J connectivity index is 2.20. The standard InChI is InChI=1S/C15H21N3O3/c1-17(2)14(19)11-7-8-13(16-10-11)18-9-5-4-6-12(18)15(20)21-3/h7-8,10,12H,4-6,9H2,1-3H3. The third-order valence-corrected chi connectivity index (χ3v) is 3.67. The van der Waals surface area contributed by atoms with Crippen LogP contribution in [0, 0.1) is 0 Å². The molecule has 0 aliphatic carbocycles. The van der Waals surface area contributed by atoms with Crippen molar-refractivity contribution in [2.75, 3.05) is 32.6 Å². The van der Waals surface area contributed by atoms with Gasteiger partial charge >= 0.3 is 5.97 Å². The molecule has 114 valence electrons. The predicted octanol–water partition coefficient (Wildman–Crippen LogP) is 1.32. The minimum atomic E-state index is -0.286. The van der Waals surface area contributed by atoms with Gasteiger partial charge in [0.2, 0.25) is 0 Å². The molecule has 6 nitrogen and oxygen atoms in total. The van der Waals surface area contributed by atoms with E-state index in [4.69, 9.17) is 4.74 Å². The molecule has 21 heavy (non-hydrogen) atoms. The lowest BCUT2D eigenvalue weighted by Gasteiger charge is -2.34. The molecule has 1 aromatic rings. The van der Waals surface area contributed by atoms with Gasteiger partial charge in [-0.1, -0.05) is 0 Å². The van der Waals surface area contributed by atoms with E-state index in [9.17, 15) is 9.59 Å². The van der Waals surface area contributed by atoms with Crippen molar-refractivity contribution in [3.63, 3.8) is 0 Å². The summed E-state index contributed by atoms with van der Waals surface area (Å²) in [6, 6.07) is 3.25. The summed E-state index contributed by atoms with van der Waals surface area (Å²) in [7, 11) is 4.81. The van der Waals surface area contributed by atoms with Crippen molar-refractivity contribution in [1.82, 2.24) is 9.88 Å². The summed E-state index contributed by atoms with van der Waals surface area (Å²) >= 11 is 0. The molecule has 1 atom stereocenters. The van der Waals surface area contributed by atoms with Gasteiger partial charge in [-0.3, -0.25) is 4.79 Å². The fourth-order valence-corrected chi connectivity index (χ4v) is 2.53. The summed E-state index contributed by atoms with van der Waals surface area (Å²) in [5, 5.41) is 0. The lowest BCUT2D eigenvalue weighted by Crippen LogP contribution is -2.45. The van der Waals surface area contributed by atoms with E-state index in [2.05, 4.69) is 4.98 Å². The zero-order valence-electron chi connectivity index (χ0n) is 12.7. The first-order valence-corrected chi connectivity index (χ1v) is 7.06. The van der Waals surface area contributed by atoms with Crippen molar-refractivity contribution < 1.29 is 14.3 Å². The van der Waals surface area contributed by atoms with Gasteiger partial charge in [0.15, 0.2) is 0 Å². The molecule has 0 saturated carbocycles. The number of carbonyl (C=O) groups is 2. The normalized spacial score (nSPS) is 18.2. The number of esters is 1. The Bertz CT molecular complexity index is 513. The van der Waals surface area contributed by atoms with Gasteiger partial charge < -0.3 is 14.5 Å². The van der Waals surface area contributed by atoms with Crippen LogP contribution in [0.4, 0.5) is 5.82 Å². The molecule has 1 saturated heterocycles. The summed E-state index contributed by atoms with van der Waals surface area (Å²) in [5.74, 6) is 0.391. The van der Waals surface area contributed by atoms with Crippen LogP contribution in [0.1, 0.15) is 29.6 Å². The van der Waals surface area contributed by atoms with Gasteiger partial charge in [0.05, 0.1) is 12.7 Å². The van der Waals surface area contributed by atoms with Gasteiger partial charge in [-0.2, -0.15) is 0 Å². The van der Waals surface area contributed by atoms with Gasteiger partial charge in [-0.15, -0.1) is 0 Å². The Hall–Kier alpha value is -2.11. The van der Waals surface area contributed by atoms with Gasteiger partial charge in [-0.05, 0) is 31.4 Å². The SMILES string of the molecule is COC(=O)C1CCCCN1c1ccc(C(=O)N(C)C)cn1. The second-order valence-electron chi connectivity index (χ2n) is 5.33. The number of pyridine rings is 1. The smallest absolute Gasteiger partial charge is 0.328 e. The van der Waals surface area contributed by atoms with Crippen molar-refractivity contribution >= 4 is 17.7 Å². The second-order valence-corrected chi connectivity index (χ2v) is 5.33. The number of aromatic nitrogens is 1. The molecular weight excluding hydrogens is 270 g/mol. The van der Waals surface area contributed by atoms with E-state index in [1.807, 2.05) is 4.90 Å². The fraction of sp³-hybridized carbons (Fsp3) is 0.533. The highest BCUT2D eigenvalue weighted by molar-refractivity contribution is 5.93. The molecule has 1 fully saturated rings. The molecule has 0 radical (unpaired) electrons. The molecule has 0 N–H and O–H groups in total. The summed E-state index contributed by atoms with van der Waals surface area (Å²) in [5.41, 5.74) is 0.537. The highest BCUT2D eigenvalue weighted by atomic mass is 16.5. The molecule has 0 aromatic carbocycles. The molecule has 0 spiro atoms. The van der Waals surface area contributed by atoms with Crippen LogP contribution in [-0.4, -0.2) is 55.6 Å². The zero-order valence-corrected chi connectivity index (χ0v) is 12.7. The Morgan fingerprint density at radius 3 is 2.67 bits per heavy atom. The van der Waals surface area contributed by atoms with Crippen LogP contribution in [0.5, 0.6) is 0 Å². The molecule has 0 bridgehead atoms. The fourth-order valence-electron chi connectivity index (χ4n) is 2.53. The first kappa shape index (κ1) is 15.3. The number of ether oxygens (including phenoxy) is 1. The number of carbonyl (C=O) groups excluding carboxylic acids is 2. The molecular formula is C15H21N3O3. The predicted molar refractivity (Wildman–Crippen MR) is 79.3 cm³/mol. The highest BCUT2D eigenvalue weighted by Gasteiger charge is 2.30. The van der Waals surface area contributed by atoms with Gasteiger partial charge in [0.1, 0.15) is 11.9 Å². The Morgan fingerprint density at radius 2 is 2.10 bits per heavy atom. The number of piperidine rings is 1. The third-order valence-electron chi connectivity index (χ3n) is 3.67. The Labute approximate surface area is 124 Å². The lowest BCUT2D eigenvalue weighted by atomic mass is 10.0. The molecule has 6 heteroatoms. The van der Waals surface area contributed by atoms with Crippen LogP contribution in [0.2, 0.25) is 0 Å². The number of anilines is 1. The van der Waals surface area contributed by atoms with Crippen LogP contribution in [0.3, 0.4) is 0 Å². The Kier molecular flexibility index (Phi) is 4.77. The molecule has 1 unspecified atom stereocenters. The number of nitrogens with zero attached hydrogens (tertiary/aromatic N) is 3. The van der Waals surface area contributed by atoms with Crippen molar-refractivity contribution in [2.45, 2.75) is 25.3 Å². The topological polar surface area (TPSA) is 62.7 Å². The zero-order chi connectivity index (χ0) is 15.4. The number of methoxy groups -OCH3 is 1. The van der Waals surface area contributed by atoms with E-state index in [0.29, 0.717) is 11.4 Å². The van der Waals surface area contributed by atoms with E-state index in [0.717, 1.165) is 25.8 Å². The number of hydrogen-bond acceptors (Lipinski definition) is 5. The van der Waals surface area contributed by atoms with Crippen LogP contribution >= 0.6 is 0 Å². The summed E-state index contributed by atoms with van der Waals surface area (Å²) < 4.78 is 4.87. The van der Waals surface area contributed by atoms with Gasteiger partial charge in [0, 0.05) is 26.8 Å². The van der Waals surface area contributed by atoms with Crippen molar-refractivity contribution in [2.24, 2.45) is 0 Å². The van der Waals surface area contributed by atoms with Crippen LogP contribution in [0.25, 0.3) is 0 Å². The first-order chi connectivity index (χ1) is 10.0. The molecule has 1 aliphatic rings. The maximum absolute atomic E-state index is 11.9. The quantitative estimate of drug-likeness (QED) is 0.786. The highest BCUT2D eigenvalue weighted by Crippen LogP contribution is 2.24. The molecule has 1 aliphatic heterocycles. The van der Waals surface area contributed by atoms with Crippen LogP contribution in [-0.2, 0) is 9.53 Å². The average Bonchev–Trinajstić information content (AvgIpc) is 2.53. The van der Waals surface area contributed by atoms with E-state index in [-0.39, 0.29) is 17.9 Å². The van der Waals surface area contributed by atoms with Crippen molar-refractivity contribution in [3.05, 3.63) is 23.9 Å². The number of amides is 1. The minimum Gasteiger partial charge on any atom is -0.467 e. The maximum atomic E-state index is 11.9. The summed E-state index contributed by atoms with van der Waals surface area (Å²) in [6.07, 6.45) is 4.36. The van der Waals surface area contributed by atoms with Crippen LogP contribution < -0.4 is 4.90 Å². The summed E-state index contributed by atoms with van der Waals surface area (Å²) in [4.78, 5) is 31.5. The van der Waals surface area contributed by atoms with Crippen molar-refractivity contribution in [3.8, 4) is 0 Å². The minimum absolute atomic E-state index is 0.0859. The summed E-state index contributed by atoms with van der Waals surface area (Å²) in [6.45, 7) is 0.772. The Morgan fingerprint density at radius 1 is 1.33 bits per heavy atom. The largest absolute Gasteiger partial charge is 0.467 e. The third kappa shape index (κ3) is 3.32.